The SMILES string of the molecule is CNC(c1cc(C)cc(F)c1)c1cccc2cccnc12. The average Bonchev–Trinajstić information content (AvgIpc) is 2.47. The predicted octanol–water partition coefficient (Wildman–Crippen LogP) is 3.99. The summed E-state index contributed by atoms with van der Waals surface area (Å²) in [6.07, 6.45) is 1.79. The fourth-order valence-corrected chi connectivity index (χ4v) is 2.79. The van der Waals surface area contributed by atoms with E-state index in [-0.39, 0.29) is 11.9 Å². The first-order chi connectivity index (χ1) is 10.2. The van der Waals surface area contributed by atoms with Crippen molar-refractivity contribution < 1.29 is 4.39 Å². The standard InChI is InChI=1S/C18H17FN2/c1-12-9-14(11-15(19)10-12)17(20-2)16-7-3-5-13-6-4-8-21-18(13)16/h3-11,17,20H,1-2H3. The molecule has 0 fully saturated rings. The van der Waals surface area contributed by atoms with Gasteiger partial charge in [-0.25, -0.2) is 4.39 Å². The number of aryl methyl sites for hydroxylation is 1. The summed E-state index contributed by atoms with van der Waals surface area (Å²) >= 11 is 0. The zero-order valence-electron chi connectivity index (χ0n) is 12.1. The van der Waals surface area contributed by atoms with Crippen LogP contribution in [-0.2, 0) is 0 Å². The Bertz CT molecular complexity index is 758. The number of pyridine rings is 1. The van der Waals surface area contributed by atoms with Crippen molar-refractivity contribution in [2.24, 2.45) is 0 Å². The molecule has 0 aliphatic rings. The molecule has 0 spiro atoms. The van der Waals surface area contributed by atoms with Gasteiger partial charge in [-0.05, 0) is 48.9 Å². The van der Waals surface area contributed by atoms with Gasteiger partial charge in [0.2, 0.25) is 0 Å². The number of hydrogen-bond donors (Lipinski definition) is 1. The Morgan fingerprint density at radius 2 is 1.90 bits per heavy atom. The van der Waals surface area contributed by atoms with Crippen LogP contribution in [0.15, 0.2) is 54.7 Å². The molecule has 0 bridgehead atoms. The van der Waals surface area contributed by atoms with Crippen LogP contribution in [0.4, 0.5) is 4.39 Å². The Labute approximate surface area is 123 Å². The summed E-state index contributed by atoms with van der Waals surface area (Å²) in [6.45, 7) is 1.90. The molecule has 0 aliphatic carbocycles. The average molecular weight is 280 g/mol. The second-order valence-electron chi connectivity index (χ2n) is 5.21. The quantitative estimate of drug-likeness (QED) is 0.784. The van der Waals surface area contributed by atoms with E-state index >= 15 is 0 Å². The summed E-state index contributed by atoms with van der Waals surface area (Å²) in [5.74, 6) is -0.210. The molecule has 21 heavy (non-hydrogen) atoms. The number of nitrogens with one attached hydrogen (secondary N) is 1. The maximum atomic E-state index is 13.7. The van der Waals surface area contributed by atoms with Crippen LogP contribution < -0.4 is 5.32 Å². The third-order valence-corrected chi connectivity index (χ3v) is 3.66. The highest BCUT2D eigenvalue weighted by atomic mass is 19.1. The Balaban J connectivity index is 2.18. The van der Waals surface area contributed by atoms with Gasteiger partial charge in [0.25, 0.3) is 0 Å². The van der Waals surface area contributed by atoms with E-state index in [4.69, 9.17) is 0 Å². The highest BCUT2D eigenvalue weighted by Gasteiger charge is 2.16. The number of nitrogens with zero attached hydrogens (tertiary/aromatic N) is 1. The topological polar surface area (TPSA) is 24.9 Å². The molecule has 0 aliphatic heterocycles. The van der Waals surface area contributed by atoms with Gasteiger partial charge < -0.3 is 5.32 Å². The minimum absolute atomic E-state index is 0.0852. The van der Waals surface area contributed by atoms with Crippen LogP contribution in [0.25, 0.3) is 10.9 Å². The maximum Gasteiger partial charge on any atom is 0.123 e. The van der Waals surface area contributed by atoms with Crippen molar-refractivity contribution >= 4 is 10.9 Å². The lowest BCUT2D eigenvalue weighted by Gasteiger charge is -2.19. The molecule has 1 atom stereocenters. The molecule has 3 rings (SSSR count). The number of halogens is 1. The summed E-state index contributed by atoms with van der Waals surface area (Å²) in [6, 6.07) is 15.1. The van der Waals surface area contributed by atoms with Crippen molar-refractivity contribution in [3.63, 3.8) is 0 Å². The van der Waals surface area contributed by atoms with Gasteiger partial charge in [0.15, 0.2) is 0 Å². The third-order valence-electron chi connectivity index (χ3n) is 3.66. The van der Waals surface area contributed by atoms with Crippen molar-refractivity contribution in [1.82, 2.24) is 10.3 Å². The van der Waals surface area contributed by atoms with Crippen LogP contribution in [0.5, 0.6) is 0 Å². The Kier molecular flexibility index (Phi) is 3.67. The first kappa shape index (κ1) is 13.7. The lowest BCUT2D eigenvalue weighted by atomic mass is 9.95. The molecule has 0 saturated carbocycles. The second kappa shape index (κ2) is 5.62. The van der Waals surface area contributed by atoms with Crippen molar-refractivity contribution in [1.29, 1.82) is 0 Å². The zero-order valence-corrected chi connectivity index (χ0v) is 12.1. The molecule has 2 nitrogen and oxygen atoms in total. The second-order valence-corrected chi connectivity index (χ2v) is 5.21. The van der Waals surface area contributed by atoms with E-state index in [1.807, 2.05) is 50.4 Å². The molecule has 3 heteroatoms. The molecule has 1 heterocycles. The van der Waals surface area contributed by atoms with Gasteiger partial charge in [-0.2, -0.15) is 0 Å². The summed E-state index contributed by atoms with van der Waals surface area (Å²) in [5.41, 5.74) is 3.83. The number of benzene rings is 2. The van der Waals surface area contributed by atoms with Gasteiger partial charge in [0.05, 0.1) is 11.6 Å². The minimum Gasteiger partial charge on any atom is -0.309 e. The highest BCUT2D eigenvalue weighted by molar-refractivity contribution is 5.82. The predicted molar refractivity (Wildman–Crippen MR) is 83.8 cm³/mol. The normalized spacial score (nSPS) is 12.5. The molecule has 1 N–H and O–H groups in total. The van der Waals surface area contributed by atoms with E-state index in [0.717, 1.165) is 27.6 Å². The van der Waals surface area contributed by atoms with Crippen molar-refractivity contribution in [2.45, 2.75) is 13.0 Å². The lowest BCUT2D eigenvalue weighted by molar-refractivity contribution is 0.615. The van der Waals surface area contributed by atoms with Crippen LogP contribution >= 0.6 is 0 Å². The lowest BCUT2D eigenvalue weighted by Crippen LogP contribution is -2.18. The minimum atomic E-state index is -0.210. The van der Waals surface area contributed by atoms with Crippen molar-refractivity contribution in [2.75, 3.05) is 7.05 Å². The maximum absolute atomic E-state index is 13.7. The molecular formula is C18H17FN2. The van der Waals surface area contributed by atoms with Gasteiger partial charge in [-0.3, -0.25) is 4.98 Å². The van der Waals surface area contributed by atoms with E-state index in [1.165, 1.54) is 6.07 Å². The zero-order chi connectivity index (χ0) is 14.8. The van der Waals surface area contributed by atoms with Gasteiger partial charge >= 0.3 is 0 Å². The summed E-state index contributed by atoms with van der Waals surface area (Å²) < 4.78 is 13.7. The molecular weight excluding hydrogens is 263 g/mol. The highest BCUT2D eigenvalue weighted by Crippen LogP contribution is 2.28. The smallest absolute Gasteiger partial charge is 0.123 e. The van der Waals surface area contributed by atoms with E-state index < -0.39 is 0 Å². The first-order valence-electron chi connectivity index (χ1n) is 6.97. The van der Waals surface area contributed by atoms with Crippen molar-refractivity contribution in [3.05, 3.63) is 77.2 Å². The molecule has 106 valence electrons. The number of fused-ring (bicyclic) bond motifs is 1. The number of para-hydroxylation sites is 1. The number of rotatable bonds is 3. The molecule has 3 aromatic rings. The van der Waals surface area contributed by atoms with Gasteiger partial charge in [0.1, 0.15) is 5.82 Å². The van der Waals surface area contributed by atoms with E-state index in [9.17, 15) is 4.39 Å². The third kappa shape index (κ3) is 2.65. The van der Waals surface area contributed by atoms with Gasteiger partial charge in [-0.15, -0.1) is 0 Å². The van der Waals surface area contributed by atoms with E-state index in [1.54, 1.807) is 12.3 Å². The summed E-state index contributed by atoms with van der Waals surface area (Å²) in [5, 5.41) is 4.36. The van der Waals surface area contributed by atoms with Crippen LogP contribution in [-0.4, -0.2) is 12.0 Å². The Morgan fingerprint density at radius 3 is 2.67 bits per heavy atom. The fraction of sp³-hybridized carbons (Fsp3) is 0.167. The molecule has 0 radical (unpaired) electrons. The summed E-state index contributed by atoms with van der Waals surface area (Å²) in [4.78, 5) is 4.49. The van der Waals surface area contributed by atoms with Crippen LogP contribution in [0, 0.1) is 12.7 Å². The van der Waals surface area contributed by atoms with Crippen LogP contribution in [0.1, 0.15) is 22.7 Å². The Hall–Kier alpha value is -2.26. The molecule has 2 aromatic carbocycles. The van der Waals surface area contributed by atoms with Crippen LogP contribution in [0.2, 0.25) is 0 Å². The molecule has 1 unspecified atom stereocenters. The van der Waals surface area contributed by atoms with E-state index in [0.29, 0.717) is 0 Å². The molecule has 1 aromatic heterocycles. The van der Waals surface area contributed by atoms with Crippen molar-refractivity contribution in [3.8, 4) is 0 Å². The van der Waals surface area contributed by atoms with Gasteiger partial charge in [-0.1, -0.05) is 30.3 Å². The summed E-state index contributed by atoms with van der Waals surface area (Å²) in [7, 11) is 1.88. The largest absolute Gasteiger partial charge is 0.309 e. The van der Waals surface area contributed by atoms with E-state index in [2.05, 4.69) is 10.3 Å². The van der Waals surface area contributed by atoms with Gasteiger partial charge in [0, 0.05) is 11.6 Å². The Morgan fingerprint density at radius 1 is 1.10 bits per heavy atom. The first-order valence-corrected chi connectivity index (χ1v) is 6.97. The fourth-order valence-electron chi connectivity index (χ4n) is 2.79. The van der Waals surface area contributed by atoms with Crippen LogP contribution in [0.3, 0.4) is 0 Å². The number of aromatic nitrogens is 1. The molecule has 0 amide bonds. The molecule has 0 saturated heterocycles. The number of hydrogen-bond acceptors (Lipinski definition) is 2. The monoisotopic (exact) mass is 280 g/mol.